The highest BCUT2D eigenvalue weighted by Gasteiger charge is 2.42. The lowest BCUT2D eigenvalue weighted by molar-refractivity contribution is -0.110. The highest BCUT2D eigenvalue weighted by atomic mass is 32.2. The van der Waals surface area contributed by atoms with Gasteiger partial charge in [0.2, 0.25) is 0 Å². The van der Waals surface area contributed by atoms with Crippen molar-refractivity contribution in [2.45, 2.75) is 50.9 Å². The van der Waals surface area contributed by atoms with E-state index in [1.165, 1.54) is 0 Å². The van der Waals surface area contributed by atoms with Crippen molar-refractivity contribution >= 4 is 16.9 Å². The molecule has 0 aromatic carbocycles. The van der Waals surface area contributed by atoms with Crippen LogP contribution in [0.25, 0.3) is 0 Å². The van der Waals surface area contributed by atoms with Crippen molar-refractivity contribution in [1.82, 2.24) is 0 Å². The van der Waals surface area contributed by atoms with E-state index in [0.29, 0.717) is 11.8 Å². The Morgan fingerprint density at radius 3 is 2.22 bits per heavy atom. The van der Waals surface area contributed by atoms with Crippen LogP contribution in [0, 0.1) is 0 Å². The Labute approximate surface area is 105 Å². The third-order valence-corrected chi connectivity index (χ3v) is 3.17. The van der Waals surface area contributed by atoms with E-state index in [2.05, 4.69) is 0 Å². The minimum absolute atomic E-state index is 0.160. The predicted molar refractivity (Wildman–Crippen MR) is 57.7 cm³/mol. The lowest BCUT2D eigenvalue weighted by Gasteiger charge is -2.21. The van der Waals surface area contributed by atoms with Gasteiger partial charge in [0, 0.05) is 25.0 Å². The van der Waals surface area contributed by atoms with Crippen molar-refractivity contribution in [3.63, 3.8) is 0 Å². The Balaban J connectivity index is 4.14. The summed E-state index contributed by atoms with van der Waals surface area (Å²) in [6.07, 6.45) is -11.7. The van der Waals surface area contributed by atoms with Gasteiger partial charge in [-0.3, -0.25) is 4.79 Å². The lowest BCUT2D eigenvalue weighted by atomic mass is 10.1. The molecule has 0 rings (SSSR count). The second kappa shape index (κ2) is 7.91. The molecule has 0 bridgehead atoms. The molecular weight excluding hydrogens is 282 g/mol. The molecule has 0 aromatic rings. The number of halogens is 6. The lowest BCUT2D eigenvalue weighted by Crippen LogP contribution is -2.34. The number of carbonyl (C=O) groups excluding carboxylic acids is 1. The minimum Gasteiger partial charge on any atom is -0.287 e. The smallest absolute Gasteiger partial charge is 0.279 e. The first-order valence-electron chi connectivity index (χ1n) is 5.30. The summed E-state index contributed by atoms with van der Waals surface area (Å²) in [4.78, 5) is 10.8. The summed E-state index contributed by atoms with van der Waals surface area (Å²) in [5, 5.41) is -0.322. The average molecular weight is 296 g/mol. The Kier molecular flexibility index (Phi) is 7.73. The number of thioether (sulfide) groups is 1. The Bertz CT molecular complexity index is 261. The number of carbonyl (C=O) groups is 1. The monoisotopic (exact) mass is 296 g/mol. The molecule has 0 N–H and O–H groups in total. The second-order valence-corrected chi connectivity index (χ2v) is 4.79. The van der Waals surface area contributed by atoms with Gasteiger partial charge in [-0.1, -0.05) is 18.7 Å². The standard InChI is InChI=1S/C10H14F6OS/c1-2-8(17)18-4-3-10(15,16)7(12)5-6(11)9(13)14/h6-7,9H,2-5H2,1H3. The van der Waals surface area contributed by atoms with E-state index in [1.54, 1.807) is 6.92 Å². The van der Waals surface area contributed by atoms with E-state index in [4.69, 9.17) is 0 Å². The van der Waals surface area contributed by atoms with Gasteiger partial charge in [-0.2, -0.15) is 0 Å². The van der Waals surface area contributed by atoms with Gasteiger partial charge in [0.25, 0.3) is 12.3 Å². The normalized spacial score (nSPS) is 15.8. The molecule has 0 amide bonds. The van der Waals surface area contributed by atoms with Gasteiger partial charge in [0.1, 0.15) is 0 Å². The minimum atomic E-state index is -3.90. The quantitative estimate of drug-likeness (QED) is 0.629. The van der Waals surface area contributed by atoms with Gasteiger partial charge in [-0.05, 0) is 0 Å². The molecule has 0 aromatic heterocycles. The first-order chi connectivity index (χ1) is 8.20. The van der Waals surface area contributed by atoms with Crippen molar-refractivity contribution in [2.75, 3.05) is 5.75 Å². The molecule has 0 heterocycles. The van der Waals surface area contributed by atoms with E-state index >= 15 is 0 Å². The maximum atomic E-state index is 13.1. The van der Waals surface area contributed by atoms with Crippen LogP contribution in [0.1, 0.15) is 26.2 Å². The summed E-state index contributed by atoms with van der Waals surface area (Å²) in [7, 11) is 0. The molecule has 0 saturated carbocycles. The molecule has 1 nitrogen and oxygen atoms in total. The van der Waals surface area contributed by atoms with Crippen molar-refractivity contribution in [2.24, 2.45) is 0 Å². The molecule has 2 atom stereocenters. The molecule has 0 saturated heterocycles. The Morgan fingerprint density at radius 2 is 1.78 bits per heavy atom. The molecule has 0 spiro atoms. The second-order valence-electron chi connectivity index (χ2n) is 3.64. The average Bonchev–Trinajstić information content (AvgIpc) is 2.28. The predicted octanol–water partition coefficient (Wildman–Crippen LogP) is 4.01. The van der Waals surface area contributed by atoms with Gasteiger partial charge < -0.3 is 0 Å². The zero-order valence-electron chi connectivity index (χ0n) is 9.64. The number of rotatable bonds is 8. The molecule has 0 aliphatic carbocycles. The first-order valence-corrected chi connectivity index (χ1v) is 6.29. The molecule has 108 valence electrons. The summed E-state index contributed by atoms with van der Waals surface area (Å²) >= 11 is 0.618. The molecule has 0 radical (unpaired) electrons. The Morgan fingerprint density at radius 1 is 1.22 bits per heavy atom. The fourth-order valence-electron chi connectivity index (χ4n) is 1.03. The maximum absolute atomic E-state index is 13.1. The highest BCUT2D eigenvalue weighted by molar-refractivity contribution is 8.13. The molecule has 0 aliphatic rings. The van der Waals surface area contributed by atoms with Crippen LogP contribution in [0.15, 0.2) is 0 Å². The molecule has 18 heavy (non-hydrogen) atoms. The maximum Gasteiger partial charge on any atom is 0.279 e. The topological polar surface area (TPSA) is 17.1 Å². The summed E-state index contributed by atoms with van der Waals surface area (Å²) in [6.45, 7) is 1.54. The van der Waals surface area contributed by atoms with E-state index in [-0.39, 0.29) is 17.3 Å². The molecule has 2 unspecified atom stereocenters. The number of hydrogen-bond acceptors (Lipinski definition) is 2. The van der Waals surface area contributed by atoms with E-state index in [1.807, 2.05) is 0 Å². The van der Waals surface area contributed by atoms with Crippen molar-refractivity contribution in [3.8, 4) is 0 Å². The molecular formula is C10H14F6OS. The summed E-state index contributed by atoms with van der Waals surface area (Å²) < 4.78 is 75.1. The van der Waals surface area contributed by atoms with Crippen molar-refractivity contribution in [3.05, 3.63) is 0 Å². The molecule has 8 heteroatoms. The van der Waals surface area contributed by atoms with Crippen LogP contribution >= 0.6 is 11.8 Å². The van der Waals surface area contributed by atoms with Gasteiger partial charge in [-0.25, -0.2) is 26.3 Å². The van der Waals surface area contributed by atoms with Crippen LogP contribution in [-0.4, -0.2) is 35.6 Å². The Hall–Kier alpha value is -0.400. The third-order valence-electron chi connectivity index (χ3n) is 2.15. The van der Waals surface area contributed by atoms with Crippen LogP contribution in [-0.2, 0) is 4.79 Å². The highest BCUT2D eigenvalue weighted by Crippen LogP contribution is 2.31. The third kappa shape index (κ3) is 6.51. The van der Waals surface area contributed by atoms with Crippen molar-refractivity contribution in [1.29, 1.82) is 0 Å². The van der Waals surface area contributed by atoms with E-state index < -0.39 is 37.5 Å². The van der Waals surface area contributed by atoms with Crippen LogP contribution in [0.5, 0.6) is 0 Å². The zero-order valence-corrected chi connectivity index (χ0v) is 10.5. The summed E-state index contributed by atoms with van der Waals surface area (Å²) in [5.41, 5.74) is 0. The summed E-state index contributed by atoms with van der Waals surface area (Å²) in [6, 6.07) is 0. The van der Waals surface area contributed by atoms with Gasteiger partial charge >= 0.3 is 0 Å². The first kappa shape index (κ1) is 17.6. The fourth-order valence-corrected chi connectivity index (χ4v) is 1.84. The van der Waals surface area contributed by atoms with Gasteiger partial charge in [0.15, 0.2) is 17.5 Å². The molecule has 0 aliphatic heterocycles. The van der Waals surface area contributed by atoms with Gasteiger partial charge in [-0.15, -0.1) is 0 Å². The van der Waals surface area contributed by atoms with Crippen molar-refractivity contribution < 1.29 is 31.1 Å². The van der Waals surface area contributed by atoms with Crippen LogP contribution in [0.2, 0.25) is 0 Å². The van der Waals surface area contributed by atoms with E-state index in [0.717, 1.165) is 0 Å². The number of hydrogen-bond donors (Lipinski definition) is 0. The van der Waals surface area contributed by atoms with Crippen LogP contribution < -0.4 is 0 Å². The van der Waals surface area contributed by atoms with Gasteiger partial charge in [0.05, 0.1) is 0 Å². The molecule has 0 fully saturated rings. The number of alkyl halides is 6. The largest absolute Gasteiger partial charge is 0.287 e. The zero-order chi connectivity index (χ0) is 14.3. The van der Waals surface area contributed by atoms with Crippen LogP contribution in [0.3, 0.4) is 0 Å². The fraction of sp³-hybridized carbons (Fsp3) is 0.900. The SMILES string of the molecule is CCC(=O)SCCC(F)(F)C(F)CC(F)C(F)F. The summed E-state index contributed by atoms with van der Waals surface area (Å²) in [5.74, 6) is -4.23. The van der Waals surface area contributed by atoms with Crippen LogP contribution in [0.4, 0.5) is 26.3 Å². The van der Waals surface area contributed by atoms with E-state index in [9.17, 15) is 31.1 Å².